The summed E-state index contributed by atoms with van der Waals surface area (Å²) in [4.78, 5) is 12.2. The van der Waals surface area contributed by atoms with Crippen molar-refractivity contribution in [3.63, 3.8) is 0 Å². The predicted molar refractivity (Wildman–Crippen MR) is 84.4 cm³/mol. The van der Waals surface area contributed by atoms with E-state index in [1.54, 1.807) is 13.0 Å². The largest absolute Gasteiger partial charge is 0.323 e. The first-order valence-electron chi connectivity index (χ1n) is 6.24. The van der Waals surface area contributed by atoms with Gasteiger partial charge in [0.25, 0.3) is 0 Å². The fourth-order valence-electron chi connectivity index (χ4n) is 1.64. The normalized spacial score (nSPS) is 12.0. The van der Waals surface area contributed by atoms with Crippen molar-refractivity contribution in [1.82, 2.24) is 0 Å². The summed E-state index contributed by atoms with van der Waals surface area (Å²) >= 11 is 4.05. The Morgan fingerprint density at radius 1 is 1.14 bits per heavy atom. The van der Waals surface area contributed by atoms with Crippen molar-refractivity contribution in [2.24, 2.45) is 0 Å². The molecule has 0 heterocycles. The van der Waals surface area contributed by atoms with Gasteiger partial charge < -0.3 is 5.32 Å². The molecule has 2 aromatic carbocycles. The Morgan fingerprint density at radius 2 is 1.86 bits per heavy atom. The lowest BCUT2D eigenvalue weighted by Crippen LogP contribution is -2.23. The molecule has 0 aliphatic carbocycles. The number of anilines is 1. The van der Waals surface area contributed by atoms with E-state index in [0.29, 0.717) is 4.47 Å². The Labute approximate surface area is 138 Å². The molecule has 1 amide bonds. The third-order valence-corrected chi connectivity index (χ3v) is 4.40. The van der Waals surface area contributed by atoms with Gasteiger partial charge in [-0.15, -0.1) is 11.8 Å². The highest BCUT2D eigenvalue weighted by Gasteiger charge is 2.18. The van der Waals surface area contributed by atoms with Crippen LogP contribution in [0.5, 0.6) is 0 Å². The van der Waals surface area contributed by atoms with Crippen molar-refractivity contribution in [2.45, 2.75) is 17.1 Å². The summed E-state index contributed by atoms with van der Waals surface area (Å²) in [7, 11) is 0. The van der Waals surface area contributed by atoms with Gasteiger partial charge in [0.05, 0.1) is 10.9 Å². The zero-order chi connectivity index (χ0) is 16.3. The number of rotatable bonds is 4. The lowest BCUT2D eigenvalue weighted by atomic mass is 10.3. The van der Waals surface area contributed by atoms with Crippen molar-refractivity contribution in [3.05, 3.63) is 58.3 Å². The Kier molecular flexibility index (Phi) is 5.52. The summed E-state index contributed by atoms with van der Waals surface area (Å²) in [5.41, 5.74) is 0.0419. The fourth-order valence-corrected chi connectivity index (χ4v) is 2.84. The summed E-state index contributed by atoms with van der Waals surface area (Å²) in [6.45, 7) is 1.56. The third kappa shape index (κ3) is 4.27. The fraction of sp³-hybridized carbons (Fsp3) is 0.133. The summed E-state index contributed by atoms with van der Waals surface area (Å²) in [5.74, 6) is -2.47. The van der Waals surface area contributed by atoms with Gasteiger partial charge in [0.1, 0.15) is 17.5 Å². The minimum atomic E-state index is -0.737. The number of hydrogen-bond acceptors (Lipinski definition) is 2. The van der Waals surface area contributed by atoms with Crippen LogP contribution < -0.4 is 5.32 Å². The van der Waals surface area contributed by atoms with Crippen LogP contribution in [0.4, 0.5) is 18.9 Å². The molecule has 0 saturated heterocycles. The highest BCUT2D eigenvalue weighted by Crippen LogP contribution is 2.28. The van der Waals surface area contributed by atoms with E-state index < -0.39 is 28.6 Å². The molecule has 1 atom stereocenters. The van der Waals surface area contributed by atoms with Gasteiger partial charge in [-0.25, -0.2) is 13.2 Å². The maximum Gasteiger partial charge on any atom is 0.237 e. The van der Waals surface area contributed by atoms with Crippen molar-refractivity contribution in [2.75, 3.05) is 5.32 Å². The monoisotopic (exact) mass is 389 g/mol. The maximum atomic E-state index is 13.7. The molecule has 1 N–H and O–H groups in total. The summed E-state index contributed by atoms with van der Waals surface area (Å²) < 4.78 is 40.6. The van der Waals surface area contributed by atoms with Crippen LogP contribution in [0, 0.1) is 17.5 Å². The van der Waals surface area contributed by atoms with Crippen LogP contribution in [-0.2, 0) is 4.79 Å². The molecule has 0 fully saturated rings. The van der Waals surface area contributed by atoms with Crippen LogP contribution in [0.15, 0.2) is 45.8 Å². The minimum absolute atomic E-state index is 0.0419. The Morgan fingerprint density at radius 3 is 2.50 bits per heavy atom. The van der Waals surface area contributed by atoms with Gasteiger partial charge in [0.15, 0.2) is 0 Å². The summed E-state index contributed by atoms with van der Waals surface area (Å²) in [5, 5.41) is 1.76. The Hall–Kier alpha value is -1.47. The van der Waals surface area contributed by atoms with E-state index in [4.69, 9.17) is 0 Å². The summed E-state index contributed by atoms with van der Waals surface area (Å²) in [6, 6.07) is 7.38. The predicted octanol–water partition coefficient (Wildman–Crippen LogP) is 4.99. The van der Waals surface area contributed by atoms with Gasteiger partial charge in [-0.3, -0.25) is 4.79 Å². The molecule has 2 nitrogen and oxygen atoms in total. The number of carbonyl (C=O) groups excluding carboxylic acids is 1. The first-order chi connectivity index (χ1) is 10.4. The third-order valence-electron chi connectivity index (χ3n) is 2.76. The van der Waals surface area contributed by atoms with Crippen LogP contribution in [0.2, 0.25) is 0 Å². The zero-order valence-electron chi connectivity index (χ0n) is 11.4. The standard InChI is InChI=1S/C15H11BrF3NOS/c1-8(22-14-5-3-10(17)7-12(14)19)15(21)20-13-4-2-9(16)6-11(13)18/h2-8H,1H3,(H,20,21). The minimum Gasteiger partial charge on any atom is -0.323 e. The number of hydrogen-bond donors (Lipinski definition) is 1. The molecule has 2 rings (SSSR count). The molecular formula is C15H11BrF3NOS. The second-order valence-corrected chi connectivity index (χ2v) is 6.75. The Balaban J connectivity index is 2.05. The van der Waals surface area contributed by atoms with Crippen LogP contribution in [-0.4, -0.2) is 11.2 Å². The quantitative estimate of drug-likeness (QED) is 0.746. The van der Waals surface area contributed by atoms with Crippen LogP contribution in [0.1, 0.15) is 6.92 Å². The Bertz CT molecular complexity index is 711. The second-order valence-electron chi connectivity index (χ2n) is 4.45. The van der Waals surface area contributed by atoms with E-state index in [0.717, 1.165) is 23.9 Å². The van der Waals surface area contributed by atoms with E-state index in [1.807, 2.05) is 0 Å². The SMILES string of the molecule is CC(Sc1ccc(F)cc1F)C(=O)Nc1ccc(Br)cc1F. The van der Waals surface area contributed by atoms with Crippen molar-refractivity contribution in [3.8, 4) is 0 Å². The first kappa shape index (κ1) is 16.9. The molecule has 0 saturated carbocycles. The number of carbonyl (C=O) groups is 1. The molecule has 0 bridgehead atoms. The van der Waals surface area contributed by atoms with Crippen LogP contribution in [0.3, 0.4) is 0 Å². The average molecular weight is 390 g/mol. The maximum absolute atomic E-state index is 13.7. The molecular weight excluding hydrogens is 379 g/mol. The van der Waals surface area contributed by atoms with Gasteiger partial charge in [-0.05, 0) is 37.3 Å². The van der Waals surface area contributed by atoms with E-state index >= 15 is 0 Å². The van der Waals surface area contributed by atoms with Gasteiger partial charge in [0, 0.05) is 15.4 Å². The van der Waals surface area contributed by atoms with Gasteiger partial charge in [0.2, 0.25) is 5.91 Å². The molecule has 7 heteroatoms. The van der Waals surface area contributed by atoms with Crippen molar-refractivity contribution < 1.29 is 18.0 Å². The second kappa shape index (κ2) is 7.19. The zero-order valence-corrected chi connectivity index (χ0v) is 13.8. The smallest absolute Gasteiger partial charge is 0.237 e. The van der Waals surface area contributed by atoms with Gasteiger partial charge in [-0.2, -0.15) is 0 Å². The lowest BCUT2D eigenvalue weighted by molar-refractivity contribution is -0.115. The van der Waals surface area contributed by atoms with Gasteiger partial charge >= 0.3 is 0 Å². The molecule has 22 heavy (non-hydrogen) atoms. The van der Waals surface area contributed by atoms with E-state index in [9.17, 15) is 18.0 Å². The molecule has 0 aliphatic heterocycles. The van der Waals surface area contributed by atoms with Gasteiger partial charge in [-0.1, -0.05) is 15.9 Å². The molecule has 0 aromatic heterocycles. The van der Waals surface area contributed by atoms with Crippen molar-refractivity contribution >= 4 is 39.3 Å². The molecule has 0 spiro atoms. The number of benzene rings is 2. The summed E-state index contributed by atoms with van der Waals surface area (Å²) in [6.07, 6.45) is 0. The first-order valence-corrected chi connectivity index (χ1v) is 7.91. The van der Waals surface area contributed by atoms with E-state index in [-0.39, 0.29) is 10.6 Å². The molecule has 2 aromatic rings. The highest BCUT2D eigenvalue weighted by atomic mass is 79.9. The molecule has 1 unspecified atom stereocenters. The highest BCUT2D eigenvalue weighted by molar-refractivity contribution is 9.10. The average Bonchev–Trinajstić information content (AvgIpc) is 2.44. The van der Waals surface area contributed by atoms with E-state index in [2.05, 4.69) is 21.2 Å². The van der Waals surface area contributed by atoms with Crippen LogP contribution in [0.25, 0.3) is 0 Å². The van der Waals surface area contributed by atoms with E-state index in [1.165, 1.54) is 18.2 Å². The van der Waals surface area contributed by atoms with Crippen molar-refractivity contribution in [1.29, 1.82) is 0 Å². The van der Waals surface area contributed by atoms with Crippen LogP contribution >= 0.6 is 27.7 Å². The number of thioether (sulfide) groups is 1. The molecule has 0 radical (unpaired) electrons. The topological polar surface area (TPSA) is 29.1 Å². The number of halogens is 4. The molecule has 0 aliphatic rings. The number of nitrogens with one attached hydrogen (secondary N) is 1. The number of amides is 1. The molecule has 116 valence electrons. The lowest BCUT2D eigenvalue weighted by Gasteiger charge is -2.13.